The van der Waals surface area contributed by atoms with Crippen molar-refractivity contribution in [2.24, 2.45) is 0 Å². The zero-order valence-corrected chi connectivity index (χ0v) is 45.8. The number of anilines is 6. The predicted octanol–water partition coefficient (Wildman–Crippen LogP) is 19.7. The average molecular weight is 1110 g/mol. The van der Waals surface area contributed by atoms with Crippen LogP contribution < -0.4 is 39.6 Å². The summed E-state index contributed by atoms with van der Waals surface area (Å²) in [5, 5.41) is 5.88. The molecule has 0 bridgehead atoms. The first-order chi connectivity index (χ1) is 42.5. The second-order valence-corrected chi connectivity index (χ2v) is 21.1. The first-order valence-electron chi connectivity index (χ1n) is 28.3. The van der Waals surface area contributed by atoms with Crippen molar-refractivity contribution in [2.45, 2.75) is 0 Å². The highest BCUT2D eigenvalue weighted by Crippen LogP contribution is 2.53. The topological polar surface area (TPSA) is 103 Å². The van der Waals surface area contributed by atoms with Gasteiger partial charge in [0.2, 0.25) is 0 Å². The van der Waals surface area contributed by atoms with Crippen LogP contribution in [0, 0.1) is 0 Å². The van der Waals surface area contributed by atoms with Gasteiger partial charge in [-0.2, -0.15) is 0 Å². The summed E-state index contributed by atoms with van der Waals surface area (Å²) in [5.74, 6) is 5.05. The second-order valence-electron chi connectivity index (χ2n) is 21.1. The van der Waals surface area contributed by atoms with E-state index in [1.807, 2.05) is 279 Å². The van der Waals surface area contributed by atoms with Crippen molar-refractivity contribution in [2.75, 3.05) is 9.80 Å². The van der Waals surface area contributed by atoms with Crippen LogP contribution in [-0.4, -0.2) is 9.97 Å². The molecule has 0 radical (unpaired) electrons. The molecule has 0 atom stereocenters. The van der Waals surface area contributed by atoms with Crippen molar-refractivity contribution >= 4 is 110 Å². The minimum atomic E-state index is -0.169. The number of benzene rings is 14. The third-order valence-corrected chi connectivity index (χ3v) is 15.8. The normalized spacial score (nSPS) is 11.6. The lowest BCUT2D eigenvalue weighted by Crippen LogP contribution is -2.16. The molecule has 0 aliphatic carbocycles. The van der Waals surface area contributed by atoms with Crippen molar-refractivity contribution < 1.29 is 18.9 Å². The largest absolute Gasteiger partial charge is 0.457 e. The molecule has 0 aliphatic rings. The van der Waals surface area contributed by atoms with E-state index in [-0.39, 0.29) is 10.9 Å². The number of hydrogen-bond donors (Lipinski definition) is 0. The van der Waals surface area contributed by atoms with Gasteiger partial charge in [0, 0.05) is 101 Å². The van der Waals surface area contributed by atoms with E-state index in [9.17, 15) is 0 Å². The number of ether oxygens (including phenoxy) is 4. The zero-order chi connectivity index (χ0) is 57.2. The van der Waals surface area contributed by atoms with Crippen molar-refractivity contribution in [3.8, 4) is 46.0 Å². The first-order valence-corrected chi connectivity index (χ1v) is 28.3. The number of pyridine rings is 2. The third-order valence-electron chi connectivity index (χ3n) is 15.8. The second kappa shape index (κ2) is 20.5. The zero-order valence-electron chi connectivity index (χ0n) is 45.8. The molecule has 0 amide bonds. The van der Waals surface area contributed by atoms with E-state index in [2.05, 4.69) is 9.80 Å². The Labute approximate surface area is 491 Å². The van der Waals surface area contributed by atoms with Gasteiger partial charge in [-0.3, -0.25) is 9.59 Å². The number of aromatic nitrogens is 2. The van der Waals surface area contributed by atoms with E-state index in [1.165, 1.54) is 0 Å². The van der Waals surface area contributed by atoms with Crippen LogP contribution >= 0.6 is 0 Å². The molecule has 2 heterocycles. The summed E-state index contributed by atoms with van der Waals surface area (Å²) in [4.78, 5) is 47.3. The molecule has 0 saturated carbocycles. The lowest BCUT2D eigenvalue weighted by atomic mass is 9.88. The molecule has 16 aromatic rings. The fourth-order valence-corrected chi connectivity index (χ4v) is 12.1. The quantitative estimate of drug-likeness (QED) is 0.0772. The molecule has 10 heteroatoms. The molecular weight excluding hydrogens is 1060 g/mol. The predicted molar refractivity (Wildman–Crippen MR) is 346 cm³/mol. The smallest absolute Gasteiger partial charge is 0.194 e. The summed E-state index contributed by atoms with van der Waals surface area (Å²) in [5.41, 5.74) is 6.09. The van der Waals surface area contributed by atoms with E-state index in [0.29, 0.717) is 156 Å². The maximum atomic E-state index is 15.7. The molecule has 14 aromatic carbocycles. The van der Waals surface area contributed by atoms with Gasteiger partial charge in [0.25, 0.3) is 0 Å². The fourth-order valence-electron chi connectivity index (χ4n) is 12.1. The Hall–Kier alpha value is -11.9. The molecule has 0 aliphatic heterocycles. The molecular formula is C76H46N4O6. The first kappa shape index (κ1) is 49.9. The Morgan fingerprint density at radius 3 is 0.802 bits per heavy atom. The van der Waals surface area contributed by atoms with Crippen LogP contribution in [0.4, 0.5) is 34.1 Å². The van der Waals surface area contributed by atoms with E-state index >= 15 is 9.59 Å². The highest BCUT2D eigenvalue weighted by molar-refractivity contribution is 6.41. The number of hydrogen-bond acceptors (Lipinski definition) is 10. The van der Waals surface area contributed by atoms with E-state index < -0.39 is 0 Å². The van der Waals surface area contributed by atoms with Gasteiger partial charge in [0.1, 0.15) is 46.0 Å². The van der Waals surface area contributed by atoms with Gasteiger partial charge in [-0.25, -0.2) is 9.97 Å². The fraction of sp³-hybridized carbons (Fsp3) is 0. The number of para-hydroxylation sites is 4. The molecule has 0 N–H and O–H groups in total. The summed E-state index contributed by atoms with van der Waals surface area (Å²) >= 11 is 0. The van der Waals surface area contributed by atoms with Gasteiger partial charge < -0.3 is 28.7 Å². The number of fused-ring (bicyclic) bond motifs is 4. The Bertz CT molecular complexity index is 4860. The van der Waals surface area contributed by atoms with Gasteiger partial charge >= 0.3 is 0 Å². The van der Waals surface area contributed by atoms with Crippen LogP contribution in [0.25, 0.3) is 75.9 Å². The number of rotatable bonds is 14. The lowest BCUT2D eigenvalue weighted by molar-refractivity contribution is 0.482. The molecule has 0 fully saturated rings. The maximum Gasteiger partial charge on any atom is 0.194 e. The van der Waals surface area contributed by atoms with Gasteiger partial charge in [0.15, 0.2) is 10.9 Å². The van der Waals surface area contributed by atoms with E-state index in [0.717, 1.165) is 0 Å². The molecule has 16 rings (SSSR count). The van der Waals surface area contributed by atoms with Crippen molar-refractivity contribution in [1.29, 1.82) is 0 Å². The summed E-state index contributed by atoms with van der Waals surface area (Å²) in [6.45, 7) is 0. The average Bonchev–Trinajstić information content (AvgIpc) is 0.692. The molecule has 406 valence electrons. The monoisotopic (exact) mass is 1110 g/mol. The Balaban J connectivity index is 1.05. The van der Waals surface area contributed by atoms with Gasteiger partial charge in [-0.05, 0) is 109 Å². The highest BCUT2D eigenvalue weighted by Gasteiger charge is 2.31. The van der Waals surface area contributed by atoms with Crippen molar-refractivity contribution in [1.82, 2.24) is 9.97 Å². The molecule has 86 heavy (non-hydrogen) atoms. The van der Waals surface area contributed by atoms with Gasteiger partial charge in [-0.15, -0.1) is 0 Å². The highest BCUT2D eigenvalue weighted by atomic mass is 16.5. The van der Waals surface area contributed by atoms with Crippen LogP contribution in [0.5, 0.6) is 46.0 Å². The molecule has 0 unspecified atom stereocenters. The minimum absolute atomic E-state index is 0.169. The lowest BCUT2D eigenvalue weighted by Gasteiger charge is -2.30. The van der Waals surface area contributed by atoms with Crippen LogP contribution in [0.3, 0.4) is 0 Å². The van der Waals surface area contributed by atoms with Crippen LogP contribution in [0.15, 0.2) is 289 Å². The molecule has 10 nitrogen and oxygen atoms in total. The Morgan fingerprint density at radius 1 is 0.233 bits per heavy atom. The summed E-state index contributed by atoms with van der Waals surface area (Å²) in [6.07, 6.45) is 0. The molecule has 2 aromatic heterocycles. The molecule has 0 spiro atoms. The minimum Gasteiger partial charge on any atom is -0.457 e. The van der Waals surface area contributed by atoms with E-state index in [4.69, 9.17) is 28.9 Å². The standard InChI is InChI=1S/C76H46N4O6/c81-75-61-39-15-14-38-60(61)72-67-63(75)45-65(79(47-21-17-33-55(41-47)83-51-25-5-1-6-26-51)48-22-18-34-56(42-48)84-52-27-7-2-8-28-52)73-69(67)70-68-64(76(82)62-40-16-13-37-59(62)71(68)77-73)46-66(74(70)78-72)80(49-23-19-35-57(43-49)85-53-29-9-3-10-30-53)50-24-20-36-58(44-50)86-54-31-11-4-12-32-54/h1-46H. The Morgan fingerprint density at radius 2 is 0.500 bits per heavy atom. The van der Waals surface area contributed by atoms with E-state index in [1.54, 1.807) is 0 Å². The van der Waals surface area contributed by atoms with Crippen molar-refractivity contribution in [3.63, 3.8) is 0 Å². The van der Waals surface area contributed by atoms with Gasteiger partial charge in [-0.1, -0.05) is 146 Å². The maximum absolute atomic E-state index is 15.7. The SMILES string of the molecule is O=c1c2ccccc2c2nc3c(N(c4cccc(Oc5ccccc5)c4)c4cccc(Oc5ccccc5)c4)cc4c(=O)c5ccccc5c5nc6c(N(c7cccc(Oc8ccccc8)c7)c7cccc(Oc8ccccc8)c7)cc1c2c6c3c45. The summed E-state index contributed by atoms with van der Waals surface area (Å²) in [6, 6.07) is 89.5. The van der Waals surface area contributed by atoms with Crippen LogP contribution in [0.2, 0.25) is 0 Å². The van der Waals surface area contributed by atoms with Gasteiger partial charge in [0.05, 0.1) is 33.4 Å². The van der Waals surface area contributed by atoms with Crippen molar-refractivity contribution in [3.05, 3.63) is 299 Å². The van der Waals surface area contributed by atoms with Crippen LogP contribution in [0.1, 0.15) is 0 Å². The molecule has 0 saturated heterocycles. The number of nitrogens with zero attached hydrogens (tertiary/aromatic N) is 4. The third kappa shape index (κ3) is 8.59. The summed E-state index contributed by atoms with van der Waals surface area (Å²) < 4.78 is 26.2. The summed E-state index contributed by atoms with van der Waals surface area (Å²) in [7, 11) is 0. The Kier molecular flexibility index (Phi) is 11.9. The van der Waals surface area contributed by atoms with Crippen LogP contribution in [-0.2, 0) is 0 Å².